The van der Waals surface area contributed by atoms with Crippen molar-refractivity contribution in [2.45, 2.75) is 81.5 Å². The van der Waals surface area contributed by atoms with E-state index in [-0.39, 0.29) is 0 Å². The van der Waals surface area contributed by atoms with Gasteiger partial charge in [-0.15, -0.1) is 0 Å². The van der Waals surface area contributed by atoms with E-state index in [9.17, 15) is 0 Å². The third-order valence-corrected chi connectivity index (χ3v) is 39.7. The fourth-order valence-electron chi connectivity index (χ4n) is 1.73. The molecule has 0 N–H and O–H groups in total. The Hall–Kier alpha value is 1.85. The van der Waals surface area contributed by atoms with Crippen LogP contribution in [0.3, 0.4) is 0 Å². The number of rotatable bonds is 3. The second-order valence-corrected chi connectivity index (χ2v) is 43.6. The number of hydrogen-bond acceptors (Lipinski definition) is 3. The minimum atomic E-state index is -2.23. The van der Waals surface area contributed by atoms with Gasteiger partial charge in [0, 0.05) is 0 Å². The molecule has 0 unspecified atom stereocenters. The fraction of sp³-hybridized carbons (Fsp3) is 1.00. The normalized spacial score (nSPS) is 15.2. The zero-order valence-electron chi connectivity index (χ0n) is 13.2. The molecule has 0 rings (SSSR count). The van der Waals surface area contributed by atoms with Gasteiger partial charge in [-0.3, -0.25) is 0 Å². The van der Waals surface area contributed by atoms with Crippen molar-refractivity contribution in [3.8, 4) is 0 Å². The molecule has 17 heavy (non-hydrogen) atoms. The summed E-state index contributed by atoms with van der Waals surface area (Å²) >= 11 is -2.23. The summed E-state index contributed by atoms with van der Waals surface area (Å²) in [5.41, 5.74) is 0. The molecule has 0 radical (unpaired) electrons. The molecule has 0 heterocycles. The summed E-state index contributed by atoms with van der Waals surface area (Å²) in [6.45, 7) is 21.2. The van der Waals surface area contributed by atoms with Gasteiger partial charge in [-0.1, -0.05) is 0 Å². The van der Waals surface area contributed by atoms with Gasteiger partial charge in [0.2, 0.25) is 0 Å². The maximum atomic E-state index is 2.59. The molecule has 0 aliphatic rings. The van der Waals surface area contributed by atoms with E-state index in [2.05, 4.69) is 94.1 Å². The van der Waals surface area contributed by atoms with Crippen molar-refractivity contribution in [1.29, 1.82) is 0 Å². The molecule has 0 fully saturated rings. The topological polar surface area (TPSA) is 0 Å². The van der Waals surface area contributed by atoms with E-state index in [4.69, 9.17) is 0 Å². The van der Waals surface area contributed by atoms with Gasteiger partial charge >= 0.3 is 123 Å². The molecular weight excluding hydrogens is 371 g/mol. The molecule has 0 nitrogen and oxygen atoms in total. The van der Waals surface area contributed by atoms with Gasteiger partial charge in [-0.25, -0.2) is 0 Å². The van der Waals surface area contributed by atoms with Crippen molar-refractivity contribution in [3.05, 3.63) is 0 Å². The van der Waals surface area contributed by atoms with Crippen LogP contribution < -0.4 is 0 Å². The van der Waals surface area contributed by atoms with Gasteiger partial charge in [-0.05, 0) is 0 Å². The second kappa shape index (κ2) is 6.09. The van der Waals surface area contributed by atoms with Crippen LogP contribution in [0.5, 0.6) is 0 Å². The summed E-state index contributed by atoms with van der Waals surface area (Å²) < 4.78 is 1.17. The molecule has 0 spiro atoms. The summed E-state index contributed by atoms with van der Waals surface area (Å²) in [6.07, 6.45) is 0. The Bertz CT molecular complexity index is 202. The Labute approximate surface area is 121 Å². The first-order chi connectivity index (χ1) is 7.12. The molecule has 0 atom stereocenters. The summed E-state index contributed by atoms with van der Waals surface area (Å²) in [6, 6.07) is 0. The first-order valence-electron chi connectivity index (χ1n) is 6.22. The molecule has 0 saturated carbocycles. The molecule has 0 amide bonds. The van der Waals surface area contributed by atoms with Gasteiger partial charge in [0.25, 0.3) is 0 Å². The van der Waals surface area contributed by atoms with Crippen LogP contribution in [0.2, 0.25) is 4.94 Å². The Morgan fingerprint density at radius 2 is 0.706 bits per heavy atom. The van der Waals surface area contributed by atoms with E-state index in [1.807, 2.05) is 0 Å². The zero-order valence-corrected chi connectivity index (χ0v) is 18.5. The molecule has 0 bridgehead atoms. The molecule has 0 aromatic carbocycles. The molecule has 0 aliphatic heterocycles. The monoisotopic (exact) mass is 402 g/mol. The van der Waals surface area contributed by atoms with Crippen LogP contribution in [0.4, 0.5) is 0 Å². The molecule has 104 valence electrons. The maximum absolute atomic E-state index is 2.59. The molecule has 0 aromatic heterocycles. The van der Waals surface area contributed by atoms with Crippen LogP contribution in [0, 0.1) is 0 Å². The Morgan fingerprint density at radius 3 is 0.824 bits per heavy atom. The molecular formula is C13H30S3Sn. The van der Waals surface area contributed by atoms with E-state index in [1.165, 1.54) is 0 Å². The first kappa shape index (κ1) is 18.8. The summed E-state index contributed by atoms with van der Waals surface area (Å²) in [7, 11) is 6.88. The molecule has 0 aliphatic carbocycles. The van der Waals surface area contributed by atoms with Crippen LogP contribution >= 0.6 is 26.8 Å². The van der Waals surface area contributed by atoms with Crippen LogP contribution in [0.25, 0.3) is 0 Å². The van der Waals surface area contributed by atoms with E-state index < -0.39 is 14.2 Å². The van der Waals surface area contributed by atoms with Crippen molar-refractivity contribution in [2.24, 2.45) is 0 Å². The third kappa shape index (κ3) is 11.4. The standard InChI is InChI=1S/3C4H10S.CH3.Sn/c3*1-4(2,3)5;;/h3*5H,1-3H3;1H3;/q;;;;+3/p-3. The van der Waals surface area contributed by atoms with E-state index >= 15 is 0 Å². The van der Waals surface area contributed by atoms with Crippen LogP contribution in [-0.2, 0) is 0 Å². The van der Waals surface area contributed by atoms with Crippen molar-refractivity contribution >= 4 is 41.1 Å². The summed E-state index contributed by atoms with van der Waals surface area (Å²) in [5.74, 6) is 0. The van der Waals surface area contributed by atoms with Gasteiger partial charge < -0.3 is 0 Å². The Balaban J connectivity index is 4.95. The zero-order chi connectivity index (χ0) is 14.1. The van der Waals surface area contributed by atoms with Crippen molar-refractivity contribution in [3.63, 3.8) is 0 Å². The fourth-order valence-corrected chi connectivity index (χ4v) is 67.5. The Morgan fingerprint density at radius 1 is 0.529 bits per heavy atom. The average Bonchev–Trinajstić information content (AvgIpc) is 1.65. The molecule has 4 heteroatoms. The van der Waals surface area contributed by atoms with E-state index in [1.54, 1.807) is 0 Å². The van der Waals surface area contributed by atoms with Gasteiger partial charge in [0.15, 0.2) is 0 Å². The quantitative estimate of drug-likeness (QED) is 0.521. The summed E-state index contributed by atoms with van der Waals surface area (Å²) in [4.78, 5) is 2.59. The van der Waals surface area contributed by atoms with Gasteiger partial charge in [-0.2, -0.15) is 0 Å². The summed E-state index contributed by atoms with van der Waals surface area (Å²) in [5, 5.41) is 0. The van der Waals surface area contributed by atoms with Crippen LogP contribution in [-0.4, -0.2) is 28.5 Å². The Kier molecular flexibility index (Phi) is 6.75. The number of hydrogen-bond donors (Lipinski definition) is 0. The SMILES string of the molecule is CC(C)(C)[S][Sn]([CH3])([S]C(C)(C)C)[S]C(C)(C)C. The van der Waals surface area contributed by atoms with E-state index in [0.29, 0.717) is 14.2 Å². The molecule has 0 saturated heterocycles. The van der Waals surface area contributed by atoms with Crippen molar-refractivity contribution < 1.29 is 0 Å². The second-order valence-electron chi connectivity index (χ2n) is 7.51. The van der Waals surface area contributed by atoms with Gasteiger partial charge in [0.05, 0.1) is 0 Å². The van der Waals surface area contributed by atoms with Gasteiger partial charge in [0.1, 0.15) is 0 Å². The van der Waals surface area contributed by atoms with Crippen LogP contribution in [0.1, 0.15) is 62.3 Å². The third-order valence-electron chi connectivity index (χ3n) is 1.47. The predicted molar refractivity (Wildman–Crippen MR) is 93.7 cm³/mol. The average molecular weight is 401 g/mol. The van der Waals surface area contributed by atoms with Crippen molar-refractivity contribution in [2.75, 3.05) is 0 Å². The molecule has 0 aromatic rings. The van der Waals surface area contributed by atoms with E-state index in [0.717, 1.165) is 0 Å². The predicted octanol–water partition coefficient (Wildman–Crippen LogP) is 6.15. The minimum absolute atomic E-state index is 0.390. The van der Waals surface area contributed by atoms with Crippen LogP contribution in [0.15, 0.2) is 0 Å². The van der Waals surface area contributed by atoms with Crippen molar-refractivity contribution in [1.82, 2.24) is 0 Å². The first-order valence-corrected chi connectivity index (χ1v) is 22.0.